The van der Waals surface area contributed by atoms with Crippen LogP contribution >= 0.6 is 0 Å². The zero-order valence-electron chi connectivity index (χ0n) is 15.6. The quantitative estimate of drug-likeness (QED) is 0.762. The predicted molar refractivity (Wildman–Crippen MR) is 102 cm³/mol. The van der Waals surface area contributed by atoms with Crippen LogP contribution < -0.4 is 4.74 Å². The van der Waals surface area contributed by atoms with E-state index in [4.69, 9.17) is 9.47 Å². The molecule has 3 rings (SSSR count). The molecule has 1 saturated heterocycles. The molecule has 2 aromatic carbocycles. The Morgan fingerprint density at radius 3 is 2.62 bits per heavy atom. The first kappa shape index (κ1) is 18.5. The summed E-state index contributed by atoms with van der Waals surface area (Å²) in [6, 6.07) is 18.3. The number of para-hydroxylation sites is 1. The number of nitrogens with zero attached hydrogens (tertiary/aromatic N) is 1. The summed E-state index contributed by atoms with van der Waals surface area (Å²) in [5, 5.41) is 0. The van der Waals surface area contributed by atoms with Crippen LogP contribution in [0.3, 0.4) is 0 Å². The maximum atomic E-state index is 13.2. The highest BCUT2D eigenvalue weighted by atomic mass is 16.5. The lowest BCUT2D eigenvalue weighted by Gasteiger charge is -2.32. The number of carbonyl (C=O) groups is 1. The molecular formula is C22H27NO3. The average Bonchev–Trinajstić information content (AvgIpc) is 3.21. The molecule has 1 fully saturated rings. The standard InChI is InChI=1S/C22H27NO3/c1-17(14-19-10-6-7-11-21(19)25-2)23(15-18-8-4-3-5-9-18)22(24)20-12-13-26-16-20/h3-11,17,20H,12-16H2,1-2H3/t17-,20+/m1/s1. The molecule has 0 radical (unpaired) electrons. The second kappa shape index (κ2) is 8.86. The summed E-state index contributed by atoms with van der Waals surface area (Å²) in [5.74, 6) is 1.03. The van der Waals surface area contributed by atoms with Crippen molar-refractivity contribution in [2.45, 2.75) is 32.4 Å². The highest BCUT2D eigenvalue weighted by molar-refractivity contribution is 5.79. The average molecular weight is 353 g/mol. The first-order chi connectivity index (χ1) is 12.7. The van der Waals surface area contributed by atoms with Gasteiger partial charge in [-0.05, 0) is 37.0 Å². The number of methoxy groups -OCH3 is 1. The minimum atomic E-state index is -0.0289. The Labute approximate surface area is 155 Å². The second-order valence-electron chi connectivity index (χ2n) is 6.88. The van der Waals surface area contributed by atoms with Gasteiger partial charge in [0, 0.05) is 19.2 Å². The summed E-state index contributed by atoms with van der Waals surface area (Å²) < 4.78 is 10.9. The molecule has 26 heavy (non-hydrogen) atoms. The molecule has 2 atom stereocenters. The summed E-state index contributed by atoms with van der Waals surface area (Å²) in [6.07, 6.45) is 1.57. The van der Waals surface area contributed by atoms with E-state index in [9.17, 15) is 4.79 Å². The SMILES string of the molecule is COc1ccccc1C[C@@H](C)N(Cc1ccccc1)C(=O)[C@H]1CCOC1. The van der Waals surface area contributed by atoms with Crippen LogP contribution in [0.4, 0.5) is 0 Å². The first-order valence-corrected chi connectivity index (χ1v) is 9.23. The highest BCUT2D eigenvalue weighted by Gasteiger charge is 2.31. The van der Waals surface area contributed by atoms with Crippen molar-refractivity contribution < 1.29 is 14.3 Å². The fourth-order valence-corrected chi connectivity index (χ4v) is 3.49. The van der Waals surface area contributed by atoms with Crippen LogP contribution in [0.25, 0.3) is 0 Å². The number of carbonyl (C=O) groups excluding carboxylic acids is 1. The van der Waals surface area contributed by atoms with E-state index in [0.717, 1.165) is 29.7 Å². The van der Waals surface area contributed by atoms with Gasteiger partial charge < -0.3 is 14.4 Å². The topological polar surface area (TPSA) is 38.8 Å². The molecule has 0 N–H and O–H groups in total. The maximum Gasteiger partial charge on any atom is 0.228 e. The Balaban J connectivity index is 1.80. The maximum absolute atomic E-state index is 13.2. The summed E-state index contributed by atoms with van der Waals surface area (Å²) >= 11 is 0. The Morgan fingerprint density at radius 1 is 1.19 bits per heavy atom. The van der Waals surface area contributed by atoms with E-state index in [1.54, 1.807) is 7.11 Å². The third-order valence-corrected chi connectivity index (χ3v) is 5.00. The molecule has 0 aromatic heterocycles. The van der Waals surface area contributed by atoms with E-state index < -0.39 is 0 Å². The lowest BCUT2D eigenvalue weighted by molar-refractivity contribution is -0.138. The van der Waals surface area contributed by atoms with E-state index in [0.29, 0.717) is 19.8 Å². The number of hydrogen-bond acceptors (Lipinski definition) is 3. The number of amides is 1. The van der Waals surface area contributed by atoms with Gasteiger partial charge in [-0.1, -0.05) is 48.5 Å². The lowest BCUT2D eigenvalue weighted by atomic mass is 10.0. The fraction of sp³-hybridized carbons (Fsp3) is 0.409. The molecule has 1 aliphatic heterocycles. The number of rotatable bonds is 7. The number of hydrogen-bond donors (Lipinski definition) is 0. The van der Waals surface area contributed by atoms with Crippen molar-refractivity contribution in [3.05, 3.63) is 65.7 Å². The fourth-order valence-electron chi connectivity index (χ4n) is 3.49. The molecule has 4 heteroatoms. The van der Waals surface area contributed by atoms with Gasteiger partial charge in [0.1, 0.15) is 5.75 Å². The molecule has 2 aromatic rings. The molecule has 1 amide bonds. The van der Waals surface area contributed by atoms with Gasteiger partial charge in [-0.3, -0.25) is 4.79 Å². The Hall–Kier alpha value is -2.33. The van der Waals surface area contributed by atoms with Gasteiger partial charge in [0.05, 0.1) is 19.6 Å². The van der Waals surface area contributed by atoms with E-state index >= 15 is 0 Å². The van der Waals surface area contributed by atoms with Crippen LogP contribution in [-0.4, -0.2) is 37.2 Å². The molecule has 138 valence electrons. The van der Waals surface area contributed by atoms with Crippen molar-refractivity contribution in [2.75, 3.05) is 20.3 Å². The molecule has 0 aliphatic carbocycles. The van der Waals surface area contributed by atoms with Gasteiger partial charge in [0.15, 0.2) is 0 Å². The zero-order chi connectivity index (χ0) is 18.4. The van der Waals surface area contributed by atoms with E-state index in [1.807, 2.05) is 41.3 Å². The van der Waals surface area contributed by atoms with Gasteiger partial charge in [0.2, 0.25) is 5.91 Å². The van der Waals surface area contributed by atoms with Crippen molar-refractivity contribution in [1.82, 2.24) is 4.90 Å². The Kier molecular flexibility index (Phi) is 6.29. The normalized spacial score (nSPS) is 17.7. The number of ether oxygens (including phenoxy) is 2. The second-order valence-corrected chi connectivity index (χ2v) is 6.88. The number of benzene rings is 2. The van der Waals surface area contributed by atoms with E-state index in [1.165, 1.54) is 0 Å². The van der Waals surface area contributed by atoms with Crippen LogP contribution in [-0.2, 0) is 22.5 Å². The molecule has 0 saturated carbocycles. The Morgan fingerprint density at radius 2 is 1.92 bits per heavy atom. The molecule has 4 nitrogen and oxygen atoms in total. The Bertz CT molecular complexity index is 710. The van der Waals surface area contributed by atoms with E-state index in [-0.39, 0.29) is 17.9 Å². The van der Waals surface area contributed by atoms with Gasteiger partial charge in [-0.2, -0.15) is 0 Å². The first-order valence-electron chi connectivity index (χ1n) is 9.23. The molecule has 1 heterocycles. The molecule has 0 spiro atoms. The highest BCUT2D eigenvalue weighted by Crippen LogP contribution is 2.24. The van der Waals surface area contributed by atoms with Gasteiger partial charge >= 0.3 is 0 Å². The molecule has 0 unspecified atom stereocenters. The predicted octanol–water partition coefficient (Wildman–Crippen LogP) is 3.69. The summed E-state index contributed by atoms with van der Waals surface area (Å²) in [6.45, 7) is 3.94. The van der Waals surface area contributed by atoms with Crippen LogP contribution in [0.5, 0.6) is 5.75 Å². The third kappa shape index (κ3) is 4.44. The van der Waals surface area contributed by atoms with Gasteiger partial charge in [0.25, 0.3) is 0 Å². The summed E-state index contributed by atoms with van der Waals surface area (Å²) in [7, 11) is 1.69. The summed E-state index contributed by atoms with van der Waals surface area (Å²) in [5.41, 5.74) is 2.27. The van der Waals surface area contributed by atoms with E-state index in [2.05, 4.69) is 25.1 Å². The largest absolute Gasteiger partial charge is 0.496 e. The summed E-state index contributed by atoms with van der Waals surface area (Å²) in [4.78, 5) is 15.2. The van der Waals surface area contributed by atoms with Crippen molar-refractivity contribution in [3.8, 4) is 5.75 Å². The van der Waals surface area contributed by atoms with Gasteiger partial charge in [-0.15, -0.1) is 0 Å². The van der Waals surface area contributed by atoms with Crippen molar-refractivity contribution in [3.63, 3.8) is 0 Å². The minimum Gasteiger partial charge on any atom is -0.496 e. The molecular weight excluding hydrogens is 326 g/mol. The molecule has 1 aliphatic rings. The lowest BCUT2D eigenvalue weighted by Crippen LogP contribution is -2.43. The van der Waals surface area contributed by atoms with Gasteiger partial charge in [-0.25, -0.2) is 0 Å². The van der Waals surface area contributed by atoms with Crippen LogP contribution in [0, 0.1) is 5.92 Å². The smallest absolute Gasteiger partial charge is 0.228 e. The zero-order valence-corrected chi connectivity index (χ0v) is 15.6. The van der Waals surface area contributed by atoms with Crippen LogP contribution in [0.1, 0.15) is 24.5 Å². The third-order valence-electron chi connectivity index (χ3n) is 5.00. The minimum absolute atomic E-state index is 0.0289. The monoisotopic (exact) mass is 353 g/mol. The van der Waals surface area contributed by atoms with Crippen molar-refractivity contribution in [2.24, 2.45) is 5.92 Å². The van der Waals surface area contributed by atoms with Crippen molar-refractivity contribution in [1.29, 1.82) is 0 Å². The molecule has 0 bridgehead atoms. The van der Waals surface area contributed by atoms with Crippen LogP contribution in [0.2, 0.25) is 0 Å². The van der Waals surface area contributed by atoms with Crippen LogP contribution in [0.15, 0.2) is 54.6 Å². The van der Waals surface area contributed by atoms with Crippen molar-refractivity contribution >= 4 is 5.91 Å².